The lowest BCUT2D eigenvalue weighted by molar-refractivity contribution is 0.442. The molecule has 1 aliphatic heterocycles. The first-order valence-electron chi connectivity index (χ1n) is 21.6. The zero-order valence-corrected chi connectivity index (χ0v) is 34.5. The lowest BCUT2D eigenvalue weighted by atomic mass is 9.65. The molecule has 0 unspecified atom stereocenters. The smallest absolute Gasteiger partial charge is 0.164 e. The van der Waals surface area contributed by atoms with Crippen molar-refractivity contribution in [3.8, 4) is 79.2 Å². The van der Waals surface area contributed by atoms with Gasteiger partial charge in [-0.2, -0.15) is 0 Å². The average molecular weight is 817 g/mol. The van der Waals surface area contributed by atoms with Gasteiger partial charge in [-0.25, -0.2) is 19.9 Å². The SMILES string of the molecule is c1ccc(-c2cccc(-c3nc(-c4ccccc4)nc(-c4ccc5c(c4)nc(-c4ccccc4)c4ccc6c(c45)Oc4ccccc4C64c5ccccc5-c5ccccc54)n3)c2)cc1. The number of para-hydroxylation sites is 1. The molecule has 13 rings (SSSR count). The minimum Gasteiger partial charge on any atom is -0.456 e. The van der Waals surface area contributed by atoms with E-state index >= 15 is 0 Å². The molecule has 0 amide bonds. The second-order valence-electron chi connectivity index (χ2n) is 16.5. The highest BCUT2D eigenvalue weighted by atomic mass is 16.5. The summed E-state index contributed by atoms with van der Waals surface area (Å²) in [4.78, 5) is 20.9. The third-order valence-corrected chi connectivity index (χ3v) is 13.0. The first-order chi connectivity index (χ1) is 31.7. The Morgan fingerprint density at radius 2 is 0.844 bits per heavy atom. The van der Waals surface area contributed by atoms with E-state index < -0.39 is 5.41 Å². The summed E-state index contributed by atoms with van der Waals surface area (Å²) in [5, 5.41) is 3.02. The molecule has 9 aromatic carbocycles. The molecule has 5 heteroatoms. The zero-order chi connectivity index (χ0) is 42.2. The first kappa shape index (κ1) is 36.1. The molecule has 298 valence electrons. The molecular formula is C59H36N4O. The van der Waals surface area contributed by atoms with Crippen LogP contribution in [0.4, 0.5) is 0 Å². The number of ether oxygens (including phenoxy) is 1. The van der Waals surface area contributed by atoms with Crippen LogP contribution in [0.25, 0.3) is 89.4 Å². The average Bonchev–Trinajstić information content (AvgIpc) is 3.67. The van der Waals surface area contributed by atoms with Gasteiger partial charge in [0.05, 0.1) is 16.6 Å². The Bertz CT molecular complexity index is 3600. The van der Waals surface area contributed by atoms with Crippen molar-refractivity contribution in [3.05, 3.63) is 241 Å². The highest BCUT2D eigenvalue weighted by Gasteiger charge is 2.51. The third kappa shape index (κ3) is 5.44. The van der Waals surface area contributed by atoms with Gasteiger partial charge in [0.2, 0.25) is 0 Å². The highest BCUT2D eigenvalue weighted by molar-refractivity contribution is 6.15. The van der Waals surface area contributed by atoms with E-state index in [1.165, 1.54) is 22.3 Å². The number of hydrogen-bond donors (Lipinski definition) is 0. The normalized spacial score (nSPS) is 12.9. The van der Waals surface area contributed by atoms with Crippen LogP contribution in [-0.4, -0.2) is 19.9 Å². The topological polar surface area (TPSA) is 60.8 Å². The maximum absolute atomic E-state index is 7.23. The van der Waals surface area contributed by atoms with Gasteiger partial charge in [-0.05, 0) is 51.6 Å². The summed E-state index contributed by atoms with van der Waals surface area (Å²) in [5.41, 5.74) is 14.2. The van der Waals surface area contributed by atoms with Crippen LogP contribution in [0, 0.1) is 0 Å². The third-order valence-electron chi connectivity index (χ3n) is 13.0. The molecule has 0 N–H and O–H groups in total. The number of fused-ring (bicyclic) bond motifs is 13. The maximum Gasteiger partial charge on any atom is 0.164 e. The molecule has 2 aliphatic rings. The summed E-state index contributed by atoms with van der Waals surface area (Å²) in [5.74, 6) is 3.46. The van der Waals surface area contributed by atoms with Gasteiger partial charge in [-0.1, -0.05) is 200 Å². The number of rotatable bonds is 5. The summed E-state index contributed by atoms with van der Waals surface area (Å²) < 4.78 is 7.23. The van der Waals surface area contributed by atoms with Crippen LogP contribution in [-0.2, 0) is 5.41 Å². The van der Waals surface area contributed by atoms with Crippen molar-refractivity contribution in [1.82, 2.24) is 19.9 Å². The van der Waals surface area contributed by atoms with Gasteiger partial charge in [0.25, 0.3) is 0 Å². The summed E-state index contributed by atoms with van der Waals surface area (Å²) in [6, 6.07) is 76.6. The molecule has 5 nitrogen and oxygen atoms in total. The Morgan fingerprint density at radius 3 is 1.53 bits per heavy atom. The van der Waals surface area contributed by atoms with Crippen molar-refractivity contribution in [2.24, 2.45) is 0 Å². The van der Waals surface area contributed by atoms with Crippen LogP contribution in [0.15, 0.2) is 218 Å². The highest BCUT2D eigenvalue weighted by Crippen LogP contribution is 2.63. The number of nitrogens with zero attached hydrogens (tertiary/aromatic N) is 4. The standard InChI is InChI=1S/C59H36N4O/c1-4-17-37(18-5-1)40-23-16-24-41(35-40)57-61-56(39-21-8-3-9-22-39)62-58(63-57)42-31-32-45-51(36-42)60-54(38-19-6-2-7-20-38)46-33-34-50-55(53(45)46)64-52-30-15-14-29-49(52)59(50)47-27-12-10-25-43(47)44-26-11-13-28-48(44)59/h1-36H. The molecule has 0 saturated carbocycles. The Morgan fingerprint density at radius 1 is 0.328 bits per heavy atom. The predicted molar refractivity (Wildman–Crippen MR) is 257 cm³/mol. The van der Waals surface area contributed by atoms with Gasteiger partial charge in [0, 0.05) is 49.5 Å². The minimum atomic E-state index is -0.596. The van der Waals surface area contributed by atoms with Crippen LogP contribution >= 0.6 is 0 Å². The van der Waals surface area contributed by atoms with E-state index in [-0.39, 0.29) is 0 Å². The fourth-order valence-corrected chi connectivity index (χ4v) is 10.2. The number of pyridine rings is 1. The summed E-state index contributed by atoms with van der Waals surface area (Å²) in [7, 11) is 0. The fraction of sp³-hybridized carbons (Fsp3) is 0.0169. The van der Waals surface area contributed by atoms with Gasteiger partial charge in [0.1, 0.15) is 11.5 Å². The van der Waals surface area contributed by atoms with E-state index in [0.29, 0.717) is 17.5 Å². The summed E-state index contributed by atoms with van der Waals surface area (Å²) in [6.07, 6.45) is 0. The summed E-state index contributed by atoms with van der Waals surface area (Å²) >= 11 is 0. The lowest BCUT2D eigenvalue weighted by Gasteiger charge is -2.40. The van der Waals surface area contributed by atoms with Crippen LogP contribution in [0.1, 0.15) is 22.3 Å². The van der Waals surface area contributed by atoms with Gasteiger partial charge >= 0.3 is 0 Å². The van der Waals surface area contributed by atoms with E-state index in [2.05, 4.69) is 176 Å². The molecule has 1 aliphatic carbocycles. The second-order valence-corrected chi connectivity index (χ2v) is 16.5. The van der Waals surface area contributed by atoms with Crippen molar-refractivity contribution in [3.63, 3.8) is 0 Å². The Labute approximate surface area is 370 Å². The molecule has 0 saturated heterocycles. The Balaban J connectivity index is 1.07. The predicted octanol–water partition coefficient (Wildman–Crippen LogP) is 14.4. The molecule has 64 heavy (non-hydrogen) atoms. The molecule has 2 aromatic heterocycles. The zero-order valence-electron chi connectivity index (χ0n) is 34.5. The van der Waals surface area contributed by atoms with Crippen molar-refractivity contribution < 1.29 is 4.74 Å². The Hall–Kier alpha value is -8.54. The van der Waals surface area contributed by atoms with Crippen LogP contribution in [0.3, 0.4) is 0 Å². The number of benzene rings is 9. The van der Waals surface area contributed by atoms with Crippen molar-refractivity contribution in [1.29, 1.82) is 0 Å². The van der Waals surface area contributed by atoms with Gasteiger partial charge in [-0.15, -0.1) is 0 Å². The molecule has 1 spiro atoms. The molecule has 0 fully saturated rings. The van der Waals surface area contributed by atoms with E-state index in [1.807, 2.05) is 42.5 Å². The van der Waals surface area contributed by atoms with Crippen molar-refractivity contribution >= 4 is 21.7 Å². The molecule has 0 atom stereocenters. The van der Waals surface area contributed by atoms with E-state index in [1.54, 1.807) is 0 Å². The fourth-order valence-electron chi connectivity index (χ4n) is 10.2. The molecule has 3 heterocycles. The summed E-state index contributed by atoms with van der Waals surface area (Å²) in [6.45, 7) is 0. The van der Waals surface area contributed by atoms with Gasteiger partial charge < -0.3 is 4.74 Å². The van der Waals surface area contributed by atoms with Crippen molar-refractivity contribution in [2.75, 3.05) is 0 Å². The van der Waals surface area contributed by atoms with Crippen LogP contribution < -0.4 is 4.74 Å². The van der Waals surface area contributed by atoms with Crippen LogP contribution in [0.5, 0.6) is 11.5 Å². The van der Waals surface area contributed by atoms with Gasteiger partial charge in [0.15, 0.2) is 17.5 Å². The lowest BCUT2D eigenvalue weighted by Crippen LogP contribution is -2.32. The number of aromatic nitrogens is 4. The number of hydrogen-bond acceptors (Lipinski definition) is 5. The quantitative estimate of drug-likeness (QED) is 0.162. The first-order valence-corrected chi connectivity index (χ1v) is 21.6. The van der Waals surface area contributed by atoms with Crippen molar-refractivity contribution in [2.45, 2.75) is 5.41 Å². The molecule has 11 aromatic rings. The molecule has 0 bridgehead atoms. The minimum absolute atomic E-state index is 0.567. The maximum atomic E-state index is 7.23. The second kappa shape index (κ2) is 14.3. The van der Waals surface area contributed by atoms with E-state index in [0.717, 1.165) is 83.4 Å². The van der Waals surface area contributed by atoms with Crippen LogP contribution in [0.2, 0.25) is 0 Å². The van der Waals surface area contributed by atoms with Gasteiger partial charge in [-0.3, -0.25) is 0 Å². The largest absolute Gasteiger partial charge is 0.456 e. The molecular weight excluding hydrogens is 781 g/mol. The monoisotopic (exact) mass is 816 g/mol. The molecule has 0 radical (unpaired) electrons. The Kier molecular flexibility index (Phi) is 8.06. The van der Waals surface area contributed by atoms with E-state index in [9.17, 15) is 0 Å². The van der Waals surface area contributed by atoms with E-state index in [4.69, 9.17) is 24.7 Å².